The minimum atomic E-state index is -0.589. The highest BCUT2D eigenvalue weighted by molar-refractivity contribution is 6.06. The molecule has 1 heterocycles. The molecule has 1 aromatic heterocycles. The molecule has 0 aliphatic rings. The van der Waals surface area contributed by atoms with Crippen LogP contribution < -0.4 is 4.74 Å². The molecule has 3 aromatic carbocycles. The molecule has 0 radical (unpaired) electrons. The van der Waals surface area contributed by atoms with E-state index in [9.17, 15) is 19.7 Å². The van der Waals surface area contributed by atoms with Crippen molar-refractivity contribution in [2.45, 2.75) is 6.92 Å². The topological polar surface area (TPSA) is 91.4 Å². The lowest BCUT2D eigenvalue weighted by Gasteiger charge is -2.10. The van der Waals surface area contributed by atoms with Gasteiger partial charge in [-0.3, -0.25) is 19.5 Å². The van der Waals surface area contributed by atoms with Crippen LogP contribution in [0.5, 0.6) is 5.75 Å². The number of nitrogens with zero attached hydrogens (tertiary/aromatic N) is 2. The van der Waals surface area contributed by atoms with E-state index in [0.717, 1.165) is 0 Å². The van der Waals surface area contributed by atoms with Crippen molar-refractivity contribution in [3.05, 3.63) is 94.5 Å². The summed E-state index contributed by atoms with van der Waals surface area (Å²) < 4.78 is 7.09. The van der Waals surface area contributed by atoms with E-state index in [1.807, 2.05) is 6.07 Å². The van der Waals surface area contributed by atoms with Gasteiger partial charge in [-0.15, -0.1) is 0 Å². The Morgan fingerprint density at radius 2 is 1.57 bits per heavy atom. The molecule has 0 N–H and O–H groups in total. The summed E-state index contributed by atoms with van der Waals surface area (Å²) in [5.74, 6) is -0.773. The Morgan fingerprint density at radius 3 is 2.17 bits per heavy atom. The van der Waals surface area contributed by atoms with Crippen LogP contribution in [0.4, 0.5) is 5.69 Å². The number of nitro benzene ring substituents is 1. The Balaban J connectivity index is 2.00. The Hall–Kier alpha value is -4.26. The zero-order valence-electron chi connectivity index (χ0n) is 15.9. The summed E-state index contributed by atoms with van der Waals surface area (Å²) in [5.41, 5.74) is 1.49. The van der Waals surface area contributed by atoms with Crippen LogP contribution >= 0.6 is 0 Å². The molecule has 0 bridgehead atoms. The second-order valence-corrected chi connectivity index (χ2v) is 6.61. The van der Waals surface area contributed by atoms with E-state index in [1.54, 1.807) is 54.6 Å². The van der Waals surface area contributed by atoms with Gasteiger partial charge in [-0.2, -0.15) is 0 Å². The van der Waals surface area contributed by atoms with Gasteiger partial charge in [0.25, 0.3) is 5.69 Å². The molecule has 148 valence electrons. The van der Waals surface area contributed by atoms with Crippen LogP contribution in [0.2, 0.25) is 0 Å². The van der Waals surface area contributed by atoms with E-state index < -0.39 is 10.9 Å². The first-order chi connectivity index (χ1) is 14.5. The van der Waals surface area contributed by atoms with E-state index in [1.165, 1.54) is 29.7 Å². The third kappa shape index (κ3) is 3.33. The fourth-order valence-corrected chi connectivity index (χ4v) is 3.37. The van der Waals surface area contributed by atoms with Crippen molar-refractivity contribution in [3.63, 3.8) is 0 Å². The van der Waals surface area contributed by atoms with Gasteiger partial charge in [0.2, 0.25) is 5.91 Å². The summed E-state index contributed by atoms with van der Waals surface area (Å²) in [5, 5.41) is 11.7. The molecule has 0 saturated heterocycles. The molecule has 0 atom stereocenters. The van der Waals surface area contributed by atoms with Gasteiger partial charge in [0.15, 0.2) is 5.75 Å². The van der Waals surface area contributed by atoms with Gasteiger partial charge in [0.1, 0.15) is 0 Å². The van der Waals surface area contributed by atoms with Gasteiger partial charge >= 0.3 is 5.97 Å². The van der Waals surface area contributed by atoms with Gasteiger partial charge in [0, 0.05) is 30.0 Å². The van der Waals surface area contributed by atoms with Crippen molar-refractivity contribution in [2.24, 2.45) is 0 Å². The number of ether oxygens (including phenoxy) is 1. The molecule has 30 heavy (non-hydrogen) atoms. The van der Waals surface area contributed by atoms with Crippen LogP contribution in [-0.2, 0) is 0 Å². The number of hydrogen-bond donors (Lipinski definition) is 0. The highest BCUT2D eigenvalue weighted by Gasteiger charge is 2.26. The molecule has 0 saturated carbocycles. The smallest absolute Gasteiger partial charge is 0.343 e. The standard InChI is InChI=1S/C23H16N2O5/c1-15(26)24-20-14-18(25(28)29)12-13-19(20)22(21(24)16-8-4-2-5-9-16)30-23(27)17-10-6-3-7-11-17/h2-14H,1H3. The number of aromatic nitrogens is 1. The highest BCUT2D eigenvalue weighted by atomic mass is 16.6. The fourth-order valence-electron chi connectivity index (χ4n) is 3.37. The lowest BCUT2D eigenvalue weighted by Crippen LogP contribution is -2.11. The Bertz CT molecular complexity index is 1280. The van der Waals surface area contributed by atoms with Crippen LogP contribution in [0.15, 0.2) is 78.9 Å². The third-order valence-corrected chi connectivity index (χ3v) is 4.68. The zero-order valence-corrected chi connectivity index (χ0v) is 15.9. The lowest BCUT2D eigenvalue weighted by molar-refractivity contribution is -0.384. The minimum Gasteiger partial charge on any atom is -0.420 e. The summed E-state index contributed by atoms with van der Waals surface area (Å²) in [6, 6.07) is 21.6. The second-order valence-electron chi connectivity index (χ2n) is 6.61. The second kappa shape index (κ2) is 7.63. The molecule has 0 aliphatic heterocycles. The number of esters is 1. The number of non-ortho nitro benzene ring substituents is 1. The first-order valence-electron chi connectivity index (χ1n) is 9.14. The Labute approximate surface area is 171 Å². The first-order valence-corrected chi connectivity index (χ1v) is 9.14. The summed E-state index contributed by atoms with van der Waals surface area (Å²) in [6.07, 6.45) is 0. The molecule has 4 aromatic rings. The summed E-state index contributed by atoms with van der Waals surface area (Å²) in [6.45, 7) is 1.35. The molecular formula is C23H16N2O5. The van der Waals surface area contributed by atoms with Crippen molar-refractivity contribution >= 4 is 28.5 Å². The first kappa shape index (κ1) is 19.1. The molecule has 7 nitrogen and oxygen atoms in total. The van der Waals surface area contributed by atoms with Gasteiger partial charge < -0.3 is 4.74 Å². The predicted octanol–water partition coefficient (Wildman–Crippen LogP) is 5.10. The summed E-state index contributed by atoms with van der Waals surface area (Å²) in [7, 11) is 0. The highest BCUT2D eigenvalue weighted by Crippen LogP contribution is 2.41. The number of carbonyl (C=O) groups excluding carboxylic acids is 2. The maximum atomic E-state index is 12.8. The molecule has 0 unspecified atom stereocenters. The van der Waals surface area contributed by atoms with Crippen LogP contribution in [0.1, 0.15) is 22.1 Å². The zero-order chi connectivity index (χ0) is 21.3. The van der Waals surface area contributed by atoms with Gasteiger partial charge in [-0.05, 0) is 18.2 Å². The van der Waals surface area contributed by atoms with Gasteiger partial charge in [-0.25, -0.2) is 4.79 Å². The Morgan fingerprint density at radius 1 is 0.933 bits per heavy atom. The van der Waals surface area contributed by atoms with Crippen molar-refractivity contribution in [2.75, 3.05) is 0 Å². The molecular weight excluding hydrogens is 384 g/mol. The van der Waals surface area contributed by atoms with Crippen molar-refractivity contribution < 1.29 is 19.2 Å². The molecule has 7 heteroatoms. The SMILES string of the molecule is CC(=O)n1c(-c2ccccc2)c(OC(=O)c2ccccc2)c2ccc([N+](=O)[O-])cc21. The number of carbonyl (C=O) groups is 2. The van der Waals surface area contributed by atoms with Crippen LogP contribution in [0, 0.1) is 10.1 Å². The van der Waals surface area contributed by atoms with E-state index >= 15 is 0 Å². The van der Waals surface area contributed by atoms with Crippen LogP contribution in [-0.4, -0.2) is 21.4 Å². The average Bonchev–Trinajstić information content (AvgIpc) is 3.08. The summed E-state index contributed by atoms with van der Waals surface area (Å²) >= 11 is 0. The maximum Gasteiger partial charge on any atom is 0.343 e. The van der Waals surface area contributed by atoms with E-state index in [4.69, 9.17) is 4.74 Å². The number of hydrogen-bond acceptors (Lipinski definition) is 5. The van der Waals surface area contributed by atoms with Crippen molar-refractivity contribution in [3.8, 4) is 17.0 Å². The van der Waals surface area contributed by atoms with E-state index in [0.29, 0.717) is 27.7 Å². The number of rotatable bonds is 4. The number of nitro groups is 1. The molecule has 0 fully saturated rings. The molecule has 0 amide bonds. The number of fused-ring (bicyclic) bond motifs is 1. The van der Waals surface area contributed by atoms with Gasteiger partial charge in [0.05, 0.1) is 21.7 Å². The third-order valence-electron chi connectivity index (χ3n) is 4.68. The predicted molar refractivity (Wildman–Crippen MR) is 112 cm³/mol. The molecule has 0 spiro atoms. The normalized spacial score (nSPS) is 10.7. The number of benzene rings is 3. The van der Waals surface area contributed by atoms with Crippen LogP contribution in [0.3, 0.4) is 0 Å². The van der Waals surface area contributed by atoms with Crippen molar-refractivity contribution in [1.82, 2.24) is 4.57 Å². The molecule has 4 rings (SSSR count). The van der Waals surface area contributed by atoms with E-state index in [-0.39, 0.29) is 17.3 Å². The fraction of sp³-hybridized carbons (Fsp3) is 0.0435. The molecule has 0 aliphatic carbocycles. The lowest BCUT2D eigenvalue weighted by atomic mass is 10.1. The monoisotopic (exact) mass is 400 g/mol. The largest absolute Gasteiger partial charge is 0.420 e. The quantitative estimate of drug-likeness (QED) is 0.270. The summed E-state index contributed by atoms with van der Waals surface area (Å²) in [4.78, 5) is 36.1. The van der Waals surface area contributed by atoms with Crippen LogP contribution in [0.25, 0.3) is 22.2 Å². The van der Waals surface area contributed by atoms with Crippen molar-refractivity contribution in [1.29, 1.82) is 0 Å². The van der Waals surface area contributed by atoms with Gasteiger partial charge in [-0.1, -0.05) is 48.5 Å². The minimum absolute atomic E-state index is 0.164. The average molecular weight is 400 g/mol. The Kier molecular flexibility index (Phi) is 4.85. The maximum absolute atomic E-state index is 12.8. The van der Waals surface area contributed by atoms with E-state index in [2.05, 4.69) is 0 Å².